The normalized spacial score (nSPS) is 25.4. The molecule has 1 amide bonds. The maximum atomic E-state index is 12.0. The molecule has 1 aromatic rings. The third-order valence-corrected chi connectivity index (χ3v) is 4.79. The van der Waals surface area contributed by atoms with E-state index < -0.39 is 0 Å². The Balaban J connectivity index is 0.00000208. The molecule has 0 saturated carbocycles. The van der Waals surface area contributed by atoms with Gasteiger partial charge in [-0.15, -0.1) is 12.4 Å². The van der Waals surface area contributed by atoms with E-state index in [1.807, 2.05) is 6.92 Å². The molecule has 2 fully saturated rings. The molecule has 2 aliphatic heterocycles. The minimum Gasteiger partial charge on any atom is -0.360 e. The van der Waals surface area contributed by atoms with Crippen LogP contribution in [0.2, 0.25) is 0 Å². The van der Waals surface area contributed by atoms with Gasteiger partial charge in [0.15, 0.2) is 5.82 Å². The molecule has 2 N–H and O–H groups in total. The fraction of sp³-hybridized carbons (Fsp3) is 0.750. The quantitative estimate of drug-likeness (QED) is 0.817. The summed E-state index contributed by atoms with van der Waals surface area (Å²) in [6, 6.07) is 1.73. The third kappa shape index (κ3) is 5.17. The van der Waals surface area contributed by atoms with Crippen LogP contribution >= 0.6 is 12.4 Å². The molecule has 136 valence electrons. The van der Waals surface area contributed by atoms with Gasteiger partial charge < -0.3 is 20.1 Å². The third-order valence-electron chi connectivity index (χ3n) is 4.79. The van der Waals surface area contributed by atoms with Gasteiger partial charge in [-0.25, -0.2) is 0 Å². The topological polar surface area (TPSA) is 73.6 Å². The second kappa shape index (κ2) is 8.29. The lowest BCUT2D eigenvalue weighted by Crippen LogP contribution is -2.51. The van der Waals surface area contributed by atoms with Crippen LogP contribution < -0.4 is 10.6 Å². The summed E-state index contributed by atoms with van der Waals surface area (Å²) in [5.74, 6) is 1.16. The van der Waals surface area contributed by atoms with E-state index in [-0.39, 0.29) is 18.3 Å². The van der Waals surface area contributed by atoms with E-state index in [2.05, 4.69) is 32.5 Å². The molecule has 7 nitrogen and oxygen atoms in total. The van der Waals surface area contributed by atoms with Gasteiger partial charge in [-0.3, -0.25) is 9.69 Å². The molecule has 3 heterocycles. The van der Waals surface area contributed by atoms with Crippen LogP contribution in [0.1, 0.15) is 19.1 Å². The van der Waals surface area contributed by atoms with Gasteiger partial charge >= 0.3 is 0 Å². The van der Waals surface area contributed by atoms with Crippen LogP contribution in [0, 0.1) is 12.3 Å². The van der Waals surface area contributed by atoms with Crippen molar-refractivity contribution in [3.63, 3.8) is 0 Å². The molecule has 0 bridgehead atoms. The van der Waals surface area contributed by atoms with Crippen LogP contribution in [0.15, 0.2) is 10.6 Å². The number of anilines is 1. The number of halogens is 1. The van der Waals surface area contributed by atoms with Crippen LogP contribution in [-0.4, -0.2) is 73.2 Å². The average Bonchev–Trinajstić information content (AvgIpc) is 3.10. The number of aryl methyl sites for hydroxylation is 1. The van der Waals surface area contributed by atoms with Crippen LogP contribution in [0.3, 0.4) is 0 Å². The van der Waals surface area contributed by atoms with Gasteiger partial charge in [0, 0.05) is 45.3 Å². The number of carbonyl (C=O) groups excluding carboxylic acids is 1. The van der Waals surface area contributed by atoms with Crippen molar-refractivity contribution in [2.24, 2.45) is 5.41 Å². The maximum Gasteiger partial charge on any atom is 0.239 e. The van der Waals surface area contributed by atoms with E-state index in [1.54, 1.807) is 6.07 Å². The molecule has 1 atom stereocenters. The number of aromatic nitrogens is 1. The molecule has 8 heteroatoms. The monoisotopic (exact) mass is 357 g/mol. The van der Waals surface area contributed by atoms with Gasteiger partial charge in [0.05, 0.1) is 6.54 Å². The van der Waals surface area contributed by atoms with Gasteiger partial charge in [0.25, 0.3) is 0 Å². The summed E-state index contributed by atoms with van der Waals surface area (Å²) in [5, 5.41) is 10.0. The highest BCUT2D eigenvalue weighted by Gasteiger charge is 2.31. The Kier molecular flexibility index (Phi) is 6.62. The number of nitrogens with one attached hydrogen (secondary N) is 2. The van der Waals surface area contributed by atoms with Crippen molar-refractivity contribution in [3.05, 3.63) is 11.8 Å². The molecule has 2 saturated heterocycles. The minimum absolute atomic E-state index is 0. The Bertz CT molecular complexity index is 536. The van der Waals surface area contributed by atoms with Gasteiger partial charge in [0.1, 0.15) is 5.76 Å². The van der Waals surface area contributed by atoms with Gasteiger partial charge in [-0.1, -0.05) is 12.1 Å². The van der Waals surface area contributed by atoms with Crippen molar-refractivity contribution in [2.75, 3.05) is 57.7 Å². The van der Waals surface area contributed by atoms with E-state index in [9.17, 15) is 4.79 Å². The Labute approximate surface area is 149 Å². The second-order valence-electron chi connectivity index (χ2n) is 7.16. The number of carbonyl (C=O) groups is 1. The molecular formula is C16H28ClN5O2. The fourth-order valence-electron chi connectivity index (χ4n) is 3.46. The van der Waals surface area contributed by atoms with E-state index >= 15 is 0 Å². The van der Waals surface area contributed by atoms with Crippen LogP contribution in [0.4, 0.5) is 5.82 Å². The van der Waals surface area contributed by atoms with Gasteiger partial charge in [0.2, 0.25) is 5.91 Å². The number of amides is 1. The lowest BCUT2D eigenvalue weighted by Gasteiger charge is -2.38. The van der Waals surface area contributed by atoms with Crippen molar-refractivity contribution >= 4 is 24.1 Å². The molecule has 0 aliphatic carbocycles. The first-order chi connectivity index (χ1) is 11.0. The molecule has 1 unspecified atom stereocenters. The van der Waals surface area contributed by atoms with Crippen molar-refractivity contribution in [1.82, 2.24) is 20.3 Å². The van der Waals surface area contributed by atoms with Crippen molar-refractivity contribution in [2.45, 2.75) is 20.3 Å². The average molecular weight is 358 g/mol. The molecule has 2 aliphatic rings. The highest BCUT2D eigenvalue weighted by molar-refractivity contribution is 5.91. The number of hydrogen-bond acceptors (Lipinski definition) is 6. The van der Waals surface area contributed by atoms with Crippen molar-refractivity contribution in [1.29, 1.82) is 0 Å². The summed E-state index contributed by atoms with van der Waals surface area (Å²) >= 11 is 0. The molecule has 0 spiro atoms. The SMILES string of the molecule is Cc1cc(NC(=O)CN2CCN(CC3(C)CCNC3)CC2)no1.Cl. The van der Waals surface area contributed by atoms with Crippen molar-refractivity contribution < 1.29 is 9.32 Å². The van der Waals surface area contributed by atoms with Crippen LogP contribution in [0.25, 0.3) is 0 Å². The number of piperazine rings is 1. The fourth-order valence-corrected chi connectivity index (χ4v) is 3.46. The largest absolute Gasteiger partial charge is 0.360 e. The summed E-state index contributed by atoms with van der Waals surface area (Å²) in [7, 11) is 0. The number of hydrogen-bond donors (Lipinski definition) is 2. The predicted molar refractivity (Wildman–Crippen MR) is 95.6 cm³/mol. The molecular weight excluding hydrogens is 330 g/mol. The van der Waals surface area contributed by atoms with Crippen LogP contribution in [-0.2, 0) is 4.79 Å². The number of rotatable bonds is 5. The first kappa shape index (κ1) is 19.2. The summed E-state index contributed by atoms with van der Waals surface area (Å²) < 4.78 is 4.95. The standard InChI is InChI=1S/C16H27N5O2.ClH/c1-13-9-14(19-23-13)18-15(22)10-20-5-7-21(8-6-20)12-16(2)3-4-17-11-16;/h9,17H,3-8,10-12H2,1-2H3,(H,18,19,22);1H. The first-order valence-electron chi connectivity index (χ1n) is 8.41. The van der Waals surface area contributed by atoms with Gasteiger partial charge in [-0.05, 0) is 25.3 Å². The second-order valence-corrected chi connectivity index (χ2v) is 7.16. The maximum absolute atomic E-state index is 12.0. The zero-order chi connectivity index (χ0) is 16.3. The highest BCUT2D eigenvalue weighted by atomic mass is 35.5. The minimum atomic E-state index is -0.0290. The van der Waals surface area contributed by atoms with E-state index in [0.717, 1.165) is 45.8 Å². The molecule has 1 aromatic heterocycles. The lowest BCUT2D eigenvalue weighted by atomic mass is 9.89. The highest BCUT2D eigenvalue weighted by Crippen LogP contribution is 2.26. The zero-order valence-electron chi connectivity index (χ0n) is 14.5. The van der Waals surface area contributed by atoms with E-state index in [4.69, 9.17) is 4.52 Å². The Hall–Kier alpha value is -1.15. The summed E-state index contributed by atoms with van der Waals surface area (Å²) in [5.41, 5.74) is 0.407. The first-order valence-corrected chi connectivity index (χ1v) is 8.41. The Morgan fingerprint density at radius 1 is 1.38 bits per heavy atom. The van der Waals surface area contributed by atoms with Gasteiger partial charge in [-0.2, -0.15) is 0 Å². The molecule has 24 heavy (non-hydrogen) atoms. The van der Waals surface area contributed by atoms with Crippen LogP contribution in [0.5, 0.6) is 0 Å². The Morgan fingerprint density at radius 3 is 2.67 bits per heavy atom. The summed E-state index contributed by atoms with van der Waals surface area (Å²) in [6.07, 6.45) is 1.26. The predicted octanol–water partition coefficient (Wildman–Crippen LogP) is 0.961. The van der Waals surface area contributed by atoms with E-state index in [1.165, 1.54) is 6.42 Å². The zero-order valence-corrected chi connectivity index (χ0v) is 15.3. The smallest absolute Gasteiger partial charge is 0.239 e. The number of nitrogens with zero attached hydrogens (tertiary/aromatic N) is 3. The lowest BCUT2D eigenvalue weighted by molar-refractivity contribution is -0.117. The van der Waals surface area contributed by atoms with Crippen molar-refractivity contribution in [3.8, 4) is 0 Å². The Morgan fingerprint density at radius 2 is 2.08 bits per heavy atom. The molecule has 0 radical (unpaired) electrons. The summed E-state index contributed by atoms with van der Waals surface area (Å²) in [4.78, 5) is 16.8. The van der Waals surface area contributed by atoms with E-state index in [0.29, 0.717) is 23.5 Å². The molecule has 3 rings (SSSR count). The summed E-state index contributed by atoms with van der Waals surface area (Å²) in [6.45, 7) is 11.9. The molecule has 0 aromatic carbocycles.